The zero-order valence-corrected chi connectivity index (χ0v) is 23.5. The first-order valence-electron chi connectivity index (χ1n) is 11.9. The van der Waals surface area contributed by atoms with Crippen LogP contribution >= 0.6 is 27.5 Å². The van der Waals surface area contributed by atoms with Crippen LogP contribution in [-0.4, -0.2) is 19.3 Å². The molecule has 0 aromatic heterocycles. The van der Waals surface area contributed by atoms with Gasteiger partial charge >= 0.3 is 0 Å². The third kappa shape index (κ3) is 4.66. The molecule has 0 N–H and O–H groups in total. The summed E-state index contributed by atoms with van der Waals surface area (Å²) in [7, 11) is -3.81. The SMILES string of the molecule is Cc1ccc(S(=O)(=O)N2C[C@H](c3ccc(Cl)cc3)c3cc(C)c(C)cc3[C@@H]2c2ccc(Br)cc2)cc1. The van der Waals surface area contributed by atoms with Crippen molar-refractivity contribution >= 4 is 37.6 Å². The molecule has 0 fully saturated rings. The Morgan fingerprint density at radius 3 is 1.94 bits per heavy atom. The third-order valence-corrected chi connectivity index (χ3v) is 9.73. The van der Waals surface area contributed by atoms with Crippen molar-refractivity contribution in [2.75, 3.05) is 6.54 Å². The van der Waals surface area contributed by atoms with Crippen LogP contribution in [0.15, 0.2) is 94.3 Å². The summed E-state index contributed by atoms with van der Waals surface area (Å²) in [5.74, 6) is -0.122. The van der Waals surface area contributed by atoms with Crippen LogP contribution < -0.4 is 0 Å². The van der Waals surface area contributed by atoms with Crippen LogP contribution in [0, 0.1) is 20.8 Å². The van der Waals surface area contributed by atoms with Gasteiger partial charge in [0.2, 0.25) is 10.0 Å². The second kappa shape index (κ2) is 9.79. The maximum atomic E-state index is 14.2. The molecular weight excluding hydrogens is 554 g/mol. The van der Waals surface area contributed by atoms with Gasteiger partial charge in [-0.25, -0.2) is 8.42 Å². The number of aryl methyl sites for hydroxylation is 3. The minimum atomic E-state index is -3.81. The van der Waals surface area contributed by atoms with E-state index in [1.165, 1.54) is 5.56 Å². The lowest BCUT2D eigenvalue weighted by Crippen LogP contribution is -2.42. The fraction of sp³-hybridized carbons (Fsp3) is 0.200. The maximum absolute atomic E-state index is 14.2. The third-order valence-electron chi connectivity index (χ3n) is 7.11. The van der Waals surface area contributed by atoms with Crippen LogP contribution in [0.25, 0.3) is 0 Å². The average molecular weight is 581 g/mol. The largest absolute Gasteiger partial charge is 0.243 e. The zero-order valence-electron chi connectivity index (χ0n) is 20.4. The van der Waals surface area contributed by atoms with Gasteiger partial charge in [0.15, 0.2) is 0 Å². The fourth-order valence-corrected chi connectivity index (χ4v) is 6.99. The Balaban J connectivity index is 1.77. The molecule has 3 nitrogen and oxygen atoms in total. The van der Waals surface area contributed by atoms with Gasteiger partial charge in [0.25, 0.3) is 0 Å². The smallest absolute Gasteiger partial charge is 0.207 e. The first-order valence-corrected chi connectivity index (χ1v) is 14.5. The standard InChI is InChI=1S/C30H27BrClNO2S/c1-19-4-14-26(15-5-19)36(34,35)33-18-29(22-8-12-25(32)13-9-22)27-16-20(2)21(3)17-28(27)30(33)23-6-10-24(31)11-7-23/h4-17,29-30H,18H2,1-3H3/t29-,30+/m1/s1. The van der Waals surface area contributed by atoms with E-state index in [-0.39, 0.29) is 5.92 Å². The number of benzene rings is 4. The monoisotopic (exact) mass is 579 g/mol. The number of halogens is 2. The lowest BCUT2D eigenvalue weighted by Gasteiger charge is -2.41. The molecule has 0 radical (unpaired) electrons. The highest BCUT2D eigenvalue weighted by atomic mass is 79.9. The molecule has 0 saturated carbocycles. The van der Waals surface area contributed by atoms with Crippen molar-refractivity contribution in [2.24, 2.45) is 0 Å². The van der Waals surface area contributed by atoms with E-state index in [0.717, 1.165) is 37.9 Å². The second-order valence-electron chi connectivity index (χ2n) is 9.51. The molecule has 4 aromatic rings. The van der Waals surface area contributed by atoms with E-state index in [1.807, 2.05) is 67.6 Å². The van der Waals surface area contributed by atoms with Crippen molar-refractivity contribution < 1.29 is 8.42 Å². The molecule has 1 aliphatic heterocycles. The molecule has 0 aliphatic carbocycles. The molecule has 6 heteroatoms. The Bertz CT molecular complexity index is 1520. The first kappa shape index (κ1) is 25.2. The highest BCUT2D eigenvalue weighted by Gasteiger charge is 2.41. The summed E-state index contributed by atoms with van der Waals surface area (Å²) in [6, 6.07) is 26.8. The number of nitrogens with zero attached hydrogens (tertiary/aromatic N) is 1. The topological polar surface area (TPSA) is 37.4 Å². The van der Waals surface area contributed by atoms with Gasteiger partial charge in [-0.05, 0) is 90.6 Å². The molecule has 0 spiro atoms. The van der Waals surface area contributed by atoms with Gasteiger partial charge in [-0.2, -0.15) is 4.31 Å². The molecular formula is C30H27BrClNO2S. The van der Waals surface area contributed by atoms with Crippen molar-refractivity contribution in [3.63, 3.8) is 0 Å². The van der Waals surface area contributed by atoms with Crippen LogP contribution in [0.1, 0.15) is 50.9 Å². The molecule has 184 valence electrons. The molecule has 0 unspecified atom stereocenters. The summed E-state index contributed by atoms with van der Waals surface area (Å²) in [5.41, 5.74) is 7.51. The van der Waals surface area contributed by atoms with E-state index in [2.05, 4.69) is 41.9 Å². The minimum absolute atomic E-state index is 0.122. The number of hydrogen-bond donors (Lipinski definition) is 0. The molecule has 0 saturated heterocycles. The van der Waals surface area contributed by atoms with Crippen LogP contribution in [0.3, 0.4) is 0 Å². The summed E-state index contributed by atoms with van der Waals surface area (Å²) in [4.78, 5) is 0.303. The van der Waals surface area contributed by atoms with E-state index < -0.39 is 16.1 Å². The number of fused-ring (bicyclic) bond motifs is 1. The molecule has 4 aromatic carbocycles. The molecule has 0 amide bonds. The zero-order chi connectivity index (χ0) is 25.6. The van der Waals surface area contributed by atoms with Crippen molar-refractivity contribution in [3.8, 4) is 0 Å². The van der Waals surface area contributed by atoms with Crippen LogP contribution in [0.4, 0.5) is 0 Å². The van der Waals surface area contributed by atoms with Crippen LogP contribution in [-0.2, 0) is 10.0 Å². The van der Waals surface area contributed by atoms with E-state index in [1.54, 1.807) is 16.4 Å². The van der Waals surface area contributed by atoms with E-state index in [9.17, 15) is 8.42 Å². The lowest BCUT2D eigenvalue weighted by molar-refractivity contribution is 0.327. The molecule has 36 heavy (non-hydrogen) atoms. The van der Waals surface area contributed by atoms with Crippen molar-refractivity contribution in [1.29, 1.82) is 0 Å². The second-order valence-corrected chi connectivity index (χ2v) is 12.8. The van der Waals surface area contributed by atoms with Crippen LogP contribution in [0.5, 0.6) is 0 Å². The number of hydrogen-bond acceptors (Lipinski definition) is 2. The van der Waals surface area contributed by atoms with Gasteiger partial charge in [-0.15, -0.1) is 0 Å². The van der Waals surface area contributed by atoms with E-state index in [4.69, 9.17) is 11.6 Å². The Hall–Kier alpha value is -2.44. The van der Waals surface area contributed by atoms with Gasteiger partial charge in [0, 0.05) is 22.0 Å². The molecule has 1 aliphatic rings. The first-order chi connectivity index (χ1) is 17.1. The summed E-state index contributed by atoms with van der Waals surface area (Å²) in [5, 5.41) is 0.659. The van der Waals surface area contributed by atoms with Crippen molar-refractivity contribution in [1.82, 2.24) is 4.31 Å². The van der Waals surface area contributed by atoms with E-state index in [0.29, 0.717) is 16.5 Å². The Morgan fingerprint density at radius 1 is 0.778 bits per heavy atom. The molecule has 5 rings (SSSR count). The highest BCUT2D eigenvalue weighted by Crippen LogP contribution is 2.46. The average Bonchev–Trinajstić information content (AvgIpc) is 2.85. The Labute approximate surface area is 226 Å². The Morgan fingerprint density at radius 2 is 1.33 bits per heavy atom. The van der Waals surface area contributed by atoms with Crippen LogP contribution in [0.2, 0.25) is 5.02 Å². The summed E-state index contributed by atoms with van der Waals surface area (Å²) < 4.78 is 31.1. The predicted molar refractivity (Wildman–Crippen MR) is 150 cm³/mol. The Kier molecular flexibility index (Phi) is 6.86. The van der Waals surface area contributed by atoms with Gasteiger partial charge in [0.1, 0.15) is 0 Å². The maximum Gasteiger partial charge on any atom is 0.243 e. The highest BCUT2D eigenvalue weighted by molar-refractivity contribution is 9.10. The summed E-state index contributed by atoms with van der Waals surface area (Å²) >= 11 is 9.72. The summed E-state index contributed by atoms with van der Waals surface area (Å²) in [6.07, 6.45) is 0. The predicted octanol–water partition coefficient (Wildman–Crippen LogP) is 7.95. The van der Waals surface area contributed by atoms with E-state index >= 15 is 0 Å². The minimum Gasteiger partial charge on any atom is -0.207 e. The fourth-order valence-electron chi connectivity index (χ4n) is 4.99. The molecule has 0 bridgehead atoms. The number of rotatable bonds is 4. The van der Waals surface area contributed by atoms with Crippen molar-refractivity contribution in [3.05, 3.63) is 133 Å². The number of sulfonamides is 1. The normalized spacial score (nSPS) is 18.1. The van der Waals surface area contributed by atoms with Gasteiger partial charge < -0.3 is 0 Å². The van der Waals surface area contributed by atoms with Gasteiger partial charge in [-0.1, -0.05) is 81.6 Å². The lowest BCUT2D eigenvalue weighted by atomic mass is 9.79. The molecule has 2 atom stereocenters. The summed E-state index contributed by atoms with van der Waals surface area (Å²) in [6.45, 7) is 6.48. The molecule has 1 heterocycles. The van der Waals surface area contributed by atoms with Crippen molar-refractivity contribution in [2.45, 2.75) is 37.6 Å². The van der Waals surface area contributed by atoms with Gasteiger partial charge in [0.05, 0.1) is 10.9 Å². The quantitative estimate of drug-likeness (QED) is 0.246. The van der Waals surface area contributed by atoms with Gasteiger partial charge in [-0.3, -0.25) is 0 Å².